The molecule has 3 amide bonds. The van der Waals surface area contributed by atoms with Crippen molar-refractivity contribution in [2.45, 2.75) is 32.1 Å². The summed E-state index contributed by atoms with van der Waals surface area (Å²) in [4.78, 5) is 38.0. The number of thiophene rings is 1. The predicted molar refractivity (Wildman–Crippen MR) is 92.3 cm³/mol. The van der Waals surface area contributed by atoms with E-state index >= 15 is 0 Å². The Kier molecular flexibility index (Phi) is 7.05. The van der Waals surface area contributed by atoms with Crippen molar-refractivity contribution in [1.82, 2.24) is 10.2 Å². The number of hydrogen-bond acceptors (Lipinski definition) is 5. The summed E-state index contributed by atoms with van der Waals surface area (Å²) in [5.41, 5.74) is 0.440. The molecule has 0 unspecified atom stereocenters. The molecule has 1 aromatic heterocycles. The number of rotatable bonds is 2. The number of nitrogens with one attached hydrogen (secondary N) is 2. The summed E-state index contributed by atoms with van der Waals surface area (Å²) < 4.78 is 4.71. The quantitative estimate of drug-likeness (QED) is 0.800. The molecule has 1 aliphatic heterocycles. The third-order valence-corrected chi connectivity index (χ3v) is 4.75. The first kappa shape index (κ1) is 18.3. The van der Waals surface area contributed by atoms with E-state index in [1.807, 2.05) is 0 Å². The first-order valence-electron chi connectivity index (χ1n) is 8.10. The maximum Gasteiger partial charge on any atom is 0.350 e. The molecule has 7 nitrogen and oxygen atoms in total. The van der Waals surface area contributed by atoms with Gasteiger partial charge in [0, 0.05) is 26.1 Å². The van der Waals surface area contributed by atoms with Gasteiger partial charge in [-0.15, -0.1) is 11.3 Å². The van der Waals surface area contributed by atoms with Crippen LogP contribution in [-0.4, -0.2) is 49.6 Å². The van der Waals surface area contributed by atoms with Gasteiger partial charge in [0.25, 0.3) is 0 Å². The monoisotopic (exact) mass is 353 g/mol. The molecule has 0 aromatic carbocycles. The Bertz CT molecular complexity index is 588. The van der Waals surface area contributed by atoms with Gasteiger partial charge in [0.05, 0.1) is 12.8 Å². The van der Waals surface area contributed by atoms with Crippen LogP contribution in [0.15, 0.2) is 11.4 Å². The van der Waals surface area contributed by atoms with Gasteiger partial charge in [-0.2, -0.15) is 0 Å². The molecular weight excluding hydrogens is 330 g/mol. The summed E-state index contributed by atoms with van der Waals surface area (Å²) in [7, 11) is 1.31. The SMILES string of the molecule is COC(=O)c1sccc1NC(=O)N1CCCCCCNC(=O)CC1. The zero-order valence-corrected chi connectivity index (χ0v) is 14.6. The first-order valence-corrected chi connectivity index (χ1v) is 8.98. The van der Waals surface area contributed by atoms with Crippen LogP contribution >= 0.6 is 11.3 Å². The number of esters is 1. The maximum atomic E-state index is 12.5. The molecule has 2 N–H and O–H groups in total. The van der Waals surface area contributed by atoms with Gasteiger partial charge < -0.3 is 20.3 Å². The fourth-order valence-corrected chi connectivity index (χ4v) is 3.27. The number of amides is 3. The highest BCUT2D eigenvalue weighted by Crippen LogP contribution is 2.23. The average Bonchev–Trinajstić information content (AvgIpc) is 3.01. The lowest BCUT2D eigenvalue weighted by Gasteiger charge is -2.22. The molecule has 0 atom stereocenters. The Morgan fingerprint density at radius 1 is 1.25 bits per heavy atom. The minimum Gasteiger partial charge on any atom is -0.465 e. The lowest BCUT2D eigenvalue weighted by Crippen LogP contribution is -2.38. The highest BCUT2D eigenvalue weighted by Gasteiger charge is 2.20. The second-order valence-electron chi connectivity index (χ2n) is 5.59. The molecule has 1 saturated heterocycles. The number of ether oxygens (including phenoxy) is 1. The van der Waals surface area contributed by atoms with E-state index in [4.69, 9.17) is 4.74 Å². The van der Waals surface area contributed by atoms with Crippen molar-refractivity contribution >= 4 is 34.9 Å². The molecule has 1 aromatic rings. The summed E-state index contributed by atoms with van der Waals surface area (Å²) in [6, 6.07) is 1.37. The van der Waals surface area contributed by atoms with Crippen molar-refractivity contribution < 1.29 is 19.1 Å². The zero-order chi connectivity index (χ0) is 17.4. The number of methoxy groups -OCH3 is 1. The van der Waals surface area contributed by atoms with Crippen molar-refractivity contribution in [3.8, 4) is 0 Å². The number of carbonyl (C=O) groups excluding carboxylic acids is 3. The molecule has 1 fully saturated rings. The van der Waals surface area contributed by atoms with Crippen LogP contribution in [0, 0.1) is 0 Å². The van der Waals surface area contributed by atoms with Crippen LogP contribution in [0.25, 0.3) is 0 Å². The van der Waals surface area contributed by atoms with Crippen LogP contribution < -0.4 is 10.6 Å². The minimum atomic E-state index is -0.475. The highest BCUT2D eigenvalue weighted by molar-refractivity contribution is 7.12. The van der Waals surface area contributed by atoms with Crippen LogP contribution in [0.2, 0.25) is 0 Å². The lowest BCUT2D eigenvalue weighted by atomic mass is 10.2. The summed E-state index contributed by atoms with van der Waals surface area (Å²) in [6.45, 7) is 1.65. The number of hydrogen-bond donors (Lipinski definition) is 2. The van der Waals surface area contributed by atoms with Gasteiger partial charge in [-0.3, -0.25) is 4.79 Å². The van der Waals surface area contributed by atoms with E-state index in [0.29, 0.717) is 30.2 Å². The minimum absolute atomic E-state index is 0.0412. The average molecular weight is 353 g/mol. The predicted octanol–water partition coefficient (Wildman–Crippen LogP) is 2.45. The van der Waals surface area contributed by atoms with Crippen LogP contribution in [-0.2, 0) is 9.53 Å². The van der Waals surface area contributed by atoms with Crippen molar-refractivity contribution in [3.05, 3.63) is 16.3 Å². The van der Waals surface area contributed by atoms with Crippen LogP contribution in [0.1, 0.15) is 41.8 Å². The second-order valence-corrected chi connectivity index (χ2v) is 6.50. The van der Waals surface area contributed by atoms with Gasteiger partial charge in [-0.05, 0) is 24.3 Å². The van der Waals surface area contributed by atoms with Crippen LogP contribution in [0.3, 0.4) is 0 Å². The van der Waals surface area contributed by atoms with Gasteiger partial charge >= 0.3 is 12.0 Å². The second kappa shape index (κ2) is 9.27. The van der Waals surface area contributed by atoms with Crippen molar-refractivity contribution in [1.29, 1.82) is 0 Å². The molecule has 8 heteroatoms. The Balaban J connectivity index is 2.01. The smallest absolute Gasteiger partial charge is 0.350 e. The third kappa shape index (κ3) is 5.23. The molecule has 0 radical (unpaired) electrons. The van der Waals surface area contributed by atoms with Crippen molar-refractivity contribution in [3.63, 3.8) is 0 Å². The molecule has 0 spiro atoms. The Labute approximate surface area is 145 Å². The van der Waals surface area contributed by atoms with Gasteiger partial charge in [-0.1, -0.05) is 12.8 Å². The maximum absolute atomic E-state index is 12.5. The molecular formula is C16H23N3O4S. The number of carbonyl (C=O) groups is 3. The fraction of sp³-hybridized carbons (Fsp3) is 0.562. The largest absolute Gasteiger partial charge is 0.465 e. The number of anilines is 1. The Morgan fingerprint density at radius 3 is 2.83 bits per heavy atom. The summed E-state index contributed by atoms with van der Waals surface area (Å²) in [6.07, 6.45) is 4.20. The van der Waals surface area contributed by atoms with Crippen molar-refractivity contribution in [2.24, 2.45) is 0 Å². The van der Waals surface area contributed by atoms with E-state index in [1.54, 1.807) is 16.3 Å². The number of nitrogens with zero attached hydrogens (tertiary/aromatic N) is 1. The molecule has 0 saturated carbocycles. The highest BCUT2D eigenvalue weighted by atomic mass is 32.1. The molecule has 2 heterocycles. The third-order valence-electron chi connectivity index (χ3n) is 3.85. The summed E-state index contributed by atoms with van der Waals surface area (Å²) in [5.74, 6) is -0.516. The Hall–Kier alpha value is -2.09. The molecule has 132 valence electrons. The van der Waals surface area contributed by atoms with E-state index in [9.17, 15) is 14.4 Å². The molecule has 0 bridgehead atoms. The van der Waals surface area contributed by atoms with E-state index in [-0.39, 0.29) is 18.4 Å². The van der Waals surface area contributed by atoms with Gasteiger partial charge in [0.1, 0.15) is 4.88 Å². The van der Waals surface area contributed by atoms with E-state index in [0.717, 1.165) is 25.7 Å². The van der Waals surface area contributed by atoms with E-state index < -0.39 is 5.97 Å². The normalized spacial score (nSPS) is 16.7. The molecule has 2 rings (SSSR count). The van der Waals surface area contributed by atoms with Crippen molar-refractivity contribution in [2.75, 3.05) is 32.1 Å². The Morgan fingerprint density at radius 2 is 2.04 bits per heavy atom. The standard InChI is InChI=1S/C16H23N3O4S/c1-23-15(21)14-12(7-11-24-14)18-16(22)19-9-5-3-2-4-8-17-13(20)6-10-19/h7,11H,2-6,8-10H2,1H3,(H,17,20)(H,18,22). The molecule has 0 aliphatic carbocycles. The summed E-state index contributed by atoms with van der Waals surface area (Å²) >= 11 is 1.22. The summed E-state index contributed by atoms with van der Waals surface area (Å²) in [5, 5.41) is 7.34. The van der Waals surface area contributed by atoms with E-state index in [1.165, 1.54) is 18.4 Å². The van der Waals surface area contributed by atoms with Gasteiger partial charge in [0.15, 0.2) is 0 Å². The molecule has 24 heavy (non-hydrogen) atoms. The first-order chi connectivity index (χ1) is 11.6. The topological polar surface area (TPSA) is 87.7 Å². The van der Waals surface area contributed by atoms with E-state index in [2.05, 4.69) is 10.6 Å². The zero-order valence-electron chi connectivity index (χ0n) is 13.8. The fourth-order valence-electron chi connectivity index (χ4n) is 2.50. The molecule has 1 aliphatic rings. The number of urea groups is 1. The lowest BCUT2D eigenvalue weighted by molar-refractivity contribution is -0.121. The van der Waals surface area contributed by atoms with Gasteiger partial charge in [0.2, 0.25) is 5.91 Å². The van der Waals surface area contributed by atoms with Gasteiger partial charge in [-0.25, -0.2) is 9.59 Å². The van der Waals surface area contributed by atoms with Crippen LogP contribution in [0.5, 0.6) is 0 Å². The van der Waals surface area contributed by atoms with Crippen LogP contribution in [0.4, 0.5) is 10.5 Å².